The van der Waals surface area contributed by atoms with Gasteiger partial charge in [-0.3, -0.25) is 9.59 Å². The van der Waals surface area contributed by atoms with E-state index in [4.69, 9.17) is 0 Å². The number of aryl methyl sites for hydroxylation is 2. The Labute approximate surface area is 136 Å². The number of rotatable bonds is 3. The fraction of sp³-hybridized carbons (Fsp3) is 0.263. The van der Waals surface area contributed by atoms with E-state index in [2.05, 4.69) is 5.32 Å². The number of anilines is 2. The lowest BCUT2D eigenvalue weighted by atomic mass is 10.1. The van der Waals surface area contributed by atoms with Gasteiger partial charge in [0.25, 0.3) is 0 Å². The van der Waals surface area contributed by atoms with Crippen molar-refractivity contribution < 1.29 is 9.59 Å². The zero-order chi connectivity index (χ0) is 16.4. The van der Waals surface area contributed by atoms with Gasteiger partial charge >= 0.3 is 0 Å². The first kappa shape index (κ1) is 15.3. The van der Waals surface area contributed by atoms with Crippen molar-refractivity contribution in [3.05, 3.63) is 59.7 Å². The first-order chi connectivity index (χ1) is 11.1. The van der Waals surface area contributed by atoms with E-state index < -0.39 is 5.92 Å². The van der Waals surface area contributed by atoms with E-state index >= 15 is 0 Å². The Balaban J connectivity index is 1.76. The summed E-state index contributed by atoms with van der Waals surface area (Å²) in [4.78, 5) is 26.8. The van der Waals surface area contributed by atoms with Gasteiger partial charge in [0.2, 0.25) is 11.8 Å². The van der Waals surface area contributed by atoms with Gasteiger partial charge < -0.3 is 10.2 Å². The molecule has 0 unspecified atom stereocenters. The number of para-hydroxylation sites is 2. The van der Waals surface area contributed by atoms with Crippen LogP contribution in [0.25, 0.3) is 0 Å². The average molecular weight is 308 g/mol. The third-order valence-corrected chi connectivity index (χ3v) is 4.32. The smallest absolute Gasteiger partial charge is 0.239 e. The van der Waals surface area contributed by atoms with Crippen LogP contribution < -0.4 is 10.2 Å². The highest BCUT2D eigenvalue weighted by atomic mass is 16.2. The van der Waals surface area contributed by atoms with Crippen molar-refractivity contribution in [2.45, 2.75) is 20.3 Å². The molecule has 0 aromatic heterocycles. The maximum absolute atomic E-state index is 12.6. The fourth-order valence-electron chi connectivity index (χ4n) is 3.01. The van der Waals surface area contributed by atoms with Gasteiger partial charge in [0, 0.05) is 17.9 Å². The minimum Gasteiger partial charge on any atom is -0.325 e. The second-order valence-corrected chi connectivity index (χ2v) is 5.92. The Kier molecular flexibility index (Phi) is 4.15. The van der Waals surface area contributed by atoms with Crippen LogP contribution in [-0.2, 0) is 9.59 Å². The first-order valence-electron chi connectivity index (χ1n) is 7.81. The summed E-state index contributed by atoms with van der Waals surface area (Å²) in [5.74, 6) is -0.958. The summed E-state index contributed by atoms with van der Waals surface area (Å²) in [6, 6.07) is 15.4. The molecule has 0 aliphatic carbocycles. The molecule has 2 amide bonds. The Morgan fingerprint density at radius 3 is 2.35 bits per heavy atom. The normalized spacial score (nSPS) is 17.4. The van der Waals surface area contributed by atoms with Gasteiger partial charge in [-0.25, -0.2) is 0 Å². The Morgan fingerprint density at radius 2 is 1.70 bits per heavy atom. The molecular weight excluding hydrogens is 288 g/mol. The molecule has 0 saturated carbocycles. The molecule has 1 fully saturated rings. The predicted molar refractivity (Wildman–Crippen MR) is 91.4 cm³/mol. The van der Waals surface area contributed by atoms with Crippen molar-refractivity contribution in [3.8, 4) is 0 Å². The van der Waals surface area contributed by atoms with Crippen LogP contribution in [0.3, 0.4) is 0 Å². The van der Waals surface area contributed by atoms with Crippen molar-refractivity contribution in [2.24, 2.45) is 5.92 Å². The van der Waals surface area contributed by atoms with E-state index in [1.54, 1.807) is 4.90 Å². The highest BCUT2D eigenvalue weighted by Gasteiger charge is 2.37. The van der Waals surface area contributed by atoms with Crippen molar-refractivity contribution in [2.75, 3.05) is 16.8 Å². The lowest BCUT2D eigenvalue weighted by molar-refractivity contribution is -0.129. The van der Waals surface area contributed by atoms with Gasteiger partial charge in [-0.15, -0.1) is 0 Å². The molecule has 1 N–H and O–H groups in total. The molecule has 0 radical (unpaired) electrons. The van der Waals surface area contributed by atoms with E-state index in [9.17, 15) is 9.59 Å². The minimum absolute atomic E-state index is 0.125. The molecular formula is C19H20N2O2. The van der Waals surface area contributed by atoms with Crippen LogP contribution >= 0.6 is 0 Å². The van der Waals surface area contributed by atoms with Gasteiger partial charge in [0.05, 0.1) is 0 Å². The molecule has 1 aliphatic rings. The Morgan fingerprint density at radius 1 is 1.04 bits per heavy atom. The molecule has 4 heteroatoms. The minimum atomic E-state index is -0.616. The van der Waals surface area contributed by atoms with Crippen molar-refractivity contribution in [1.82, 2.24) is 0 Å². The van der Waals surface area contributed by atoms with E-state index in [0.717, 1.165) is 22.5 Å². The van der Waals surface area contributed by atoms with Crippen molar-refractivity contribution in [1.29, 1.82) is 0 Å². The van der Waals surface area contributed by atoms with Crippen molar-refractivity contribution in [3.63, 3.8) is 0 Å². The molecule has 1 atom stereocenters. The average Bonchev–Trinajstić information content (AvgIpc) is 2.93. The lowest BCUT2D eigenvalue weighted by Crippen LogP contribution is -2.33. The highest BCUT2D eigenvalue weighted by Crippen LogP contribution is 2.27. The Bertz CT molecular complexity index is 720. The maximum Gasteiger partial charge on any atom is 0.239 e. The van der Waals surface area contributed by atoms with Crippen LogP contribution in [0.2, 0.25) is 0 Å². The summed E-state index contributed by atoms with van der Waals surface area (Å²) in [5.41, 5.74) is 3.66. The zero-order valence-electron chi connectivity index (χ0n) is 13.4. The maximum atomic E-state index is 12.6. The van der Waals surface area contributed by atoms with Crippen LogP contribution in [-0.4, -0.2) is 18.4 Å². The van der Waals surface area contributed by atoms with Crippen LogP contribution in [0.5, 0.6) is 0 Å². The summed E-state index contributed by atoms with van der Waals surface area (Å²) in [7, 11) is 0. The third-order valence-electron chi connectivity index (χ3n) is 4.32. The number of hydrogen-bond donors (Lipinski definition) is 1. The van der Waals surface area contributed by atoms with E-state index in [1.165, 1.54) is 0 Å². The number of carbonyl (C=O) groups excluding carboxylic acids is 2. The summed E-state index contributed by atoms with van der Waals surface area (Å²) in [6.07, 6.45) is 0.546. The number of nitrogens with one attached hydrogen (secondary N) is 1. The largest absolute Gasteiger partial charge is 0.325 e. The second kappa shape index (κ2) is 6.24. The molecule has 1 heterocycles. The summed E-state index contributed by atoms with van der Waals surface area (Å²) < 4.78 is 0. The standard InChI is InChI=1S/C19H20N2O2/c1-13-7-6-8-14(2)17(13)20-18(22)16-11-12-21(19(16)23)15-9-4-3-5-10-15/h3-10,16H,11-12H2,1-2H3,(H,20,22)/t16-/m0/s1. The summed E-state index contributed by atoms with van der Waals surface area (Å²) in [5, 5.41) is 2.94. The predicted octanol–water partition coefficient (Wildman–Crippen LogP) is 3.30. The topological polar surface area (TPSA) is 49.4 Å². The number of nitrogens with zero attached hydrogens (tertiary/aromatic N) is 1. The molecule has 3 rings (SSSR count). The Hall–Kier alpha value is -2.62. The molecule has 118 valence electrons. The molecule has 0 bridgehead atoms. The summed E-state index contributed by atoms with van der Waals surface area (Å²) in [6.45, 7) is 4.48. The number of hydrogen-bond acceptors (Lipinski definition) is 2. The first-order valence-corrected chi connectivity index (χ1v) is 7.81. The van der Waals surface area contributed by atoms with Crippen LogP contribution in [0.15, 0.2) is 48.5 Å². The van der Waals surface area contributed by atoms with Crippen LogP contribution in [0.4, 0.5) is 11.4 Å². The van der Waals surface area contributed by atoms with Gasteiger partial charge in [-0.2, -0.15) is 0 Å². The number of benzene rings is 2. The van der Waals surface area contributed by atoms with Gasteiger partial charge in [-0.05, 0) is 43.5 Å². The zero-order valence-corrected chi connectivity index (χ0v) is 13.4. The van der Waals surface area contributed by atoms with Crippen LogP contribution in [0.1, 0.15) is 17.5 Å². The van der Waals surface area contributed by atoms with Crippen LogP contribution in [0, 0.1) is 19.8 Å². The summed E-state index contributed by atoms with van der Waals surface area (Å²) >= 11 is 0. The van der Waals surface area contributed by atoms with E-state index in [0.29, 0.717) is 13.0 Å². The number of amides is 2. The quantitative estimate of drug-likeness (QED) is 0.885. The van der Waals surface area contributed by atoms with Gasteiger partial charge in [0.15, 0.2) is 0 Å². The van der Waals surface area contributed by atoms with Gasteiger partial charge in [-0.1, -0.05) is 36.4 Å². The molecule has 2 aromatic carbocycles. The number of carbonyl (C=O) groups is 2. The van der Waals surface area contributed by atoms with E-state index in [-0.39, 0.29) is 11.8 Å². The monoisotopic (exact) mass is 308 g/mol. The fourth-order valence-corrected chi connectivity index (χ4v) is 3.01. The molecule has 0 spiro atoms. The second-order valence-electron chi connectivity index (χ2n) is 5.92. The molecule has 1 aliphatic heterocycles. The van der Waals surface area contributed by atoms with Crippen molar-refractivity contribution >= 4 is 23.2 Å². The van der Waals surface area contributed by atoms with Gasteiger partial charge in [0.1, 0.15) is 5.92 Å². The molecule has 1 saturated heterocycles. The van der Waals surface area contributed by atoms with E-state index in [1.807, 2.05) is 62.4 Å². The molecule has 4 nitrogen and oxygen atoms in total. The lowest BCUT2D eigenvalue weighted by Gasteiger charge is -2.17. The highest BCUT2D eigenvalue weighted by molar-refractivity contribution is 6.13. The molecule has 2 aromatic rings. The third kappa shape index (κ3) is 2.97. The molecule has 23 heavy (non-hydrogen) atoms. The SMILES string of the molecule is Cc1cccc(C)c1NC(=O)[C@@H]1CCN(c2ccccc2)C1=O.